The van der Waals surface area contributed by atoms with Crippen molar-refractivity contribution in [2.24, 2.45) is 5.92 Å². The molecule has 2 aromatic rings. The molecular formula is C21H25NO4S. The van der Waals surface area contributed by atoms with Crippen molar-refractivity contribution >= 4 is 23.2 Å². The van der Waals surface area contributed by atoms with Gasteiger partial charge in [0.2, 0.25) is 0 Å². The molecule has 1 atom stereocenters. The number of fused-ring (bicyclic) bond motifs is 1. The standard InChI is InChI=1S/C21H25NO4S/c1-3-14-7-8-18-16(9-14)11-19(27-18)21(24)26-13-20(23)22-12-15-5-4-6-17(10-15)25-2/h4-6,10-11,14H,3,7-9,12-13H2,1-2H3,(H,22,23). The molecule has 6 heteroatoms. The first-order valence-corrected chi connectivity index (χ1v) is 10.1. The number of methoxy groups -OCH3 is 1. The van der Waals surface area contributed by atoms with Gasteiger partial charge in [0.1, 0.15) is 10.6 Å². The van der Waals surface area contributed by atoms with Gasteiger partial charge in [-0.1, -0.05) is 25.5 Å². The number of rotatable bonds is 7. The van der Waals surface area contributed by atoms with E-state index in [0.29, 0.717) is 17.3 Å². The van der Waals surface area contributed by atoms with Crippen molar-refractivity contribution in [3.63, 3.8) is 0 Å². The van der Waals surface area contributed by atoms with Crippen molar-refractivity contribution in [3.05, 3.63) is 51.2 Å². The Kier molecular flexibility index (Phi) is 6.50. The maximum Gasteiger partial charge on any atom is 0.348 e. The van der Waals surface area contributed by atoms with E-state index in [9.17, 15) is 9.59 Å². The molecule has 27 heavy (non-hydrogen) atoms. The summed E-state index contributed by atoms with van der Waals surface area (Å²) in [5.41, 5.74) is 2.19. The summed E-state index contributed by atoms with van der Waals surface area (Å²) < 4.78 is 10.3. The molecule has 1 N–H and O–H groups in total. The third-order valence-electron chi connectivity index (χ3n) is 4.92. The van der Waals surface area contributed by atoms with Crippen LogP contribution in [-0.4, -0.2) is 25.6 Å². The zero-order valence-electron chi connectivity index (χ0n) is 15.7. The maximum atomic E-state index is 12.3. The first-order valence-electron chi connectivity index (χ1n) is 9.27. The largest absolute Gasteiger partial charge is 0.497 e. The van der Waals surface area contributed by atoms with Crippen LogP contribution in [0.25, 0.3) is 0 Å². The predicted molar refractivity (Wildman–Crippen MR) is 105 cm³/mol. The van der Waals surface area contributed by atoms with Crippen LogP contribution < -0.4 is 10.1 Å². The summed E-state index contributed by atoms with van der Waals surface area (Å²) in [6, 6.07) is 9.40. The third-order valence-corrected chi connectivity index (χ3v) is 6.14. The lowest BCUT2D eigenvalue weighted by molar-refractivity contribution is -0.124. The Labute approximate surface area is 163 Å². The molecule has 0 saturated carbocycles. The van der Waals surface area contributed by atoms with Crippen molar-refractivity contribution < 1.29 is 19.1 Å². The van der Waals surface area contributed by atoms with E-state index in [1.54, 1.807) is 7.11 Å². The molecule has 0 saturated heterocycles. The highest BCUT2D eigenvalue weighted by molar-refractivity contribution is 7.14. The van der Waals surface area contributed by atoms with Crippen molar-refractivity contribution in [1.29, 1.82) is 0 Å². The Morgan fingerprint density at radius 2 is 2.15 bits per heavy atom. The fourth-order valence-electron chi connectivity index (χ4n) is 3.28. The number of carbonyl (C=O) groups excluding carboxylic acids is 2. The molecule has 1 unspecified atom stereocenters. The average Bonchev–Trinajstić information content (AvgIpc) is 3.13. The molecule has 0 radical (unpaired) electrons. The summed E-state index contributed by atoms with van der Waals surface area (Å²) in [5, 5.41) is 2.75. The first kappa shape index (κ1) is 19.4. The lowest BCUT2D eigenvalue weighted by Gasteiger charge is -2.19. The van der Waals surface area contributed by atoms with Crippen LogP contribution in [0.4, 0.5) is 0 Å². The summed E-state index contributed by atoms with van der Waals surface area (Å²) in [6.45, 7) is 2.30. The van der Waals surface area contributed by atoms with Crippen LogP contribution in [0.3, 0.4) is 0 Å². The zero-order chi connectivity index (χ0) is 19.2. The summed E-state index contributed by atoms with van der Waals surface area (Å²) in [7, 11) is 1.60. The van der Waals surface area contributed by atoms with Gasteiger partial charge in [-0.3, -0.25) is 4.79 Å². The second-order valence-electron chi connectivity index (χ2n) is 6.78. The Bertz CT molecular complexity index is 814. The van der Waals surface area contributed by atoms with Crippen LogP contribution in [0.2, 0.25) is 0 Å². The molecule has 3 rings (SSSR count). The number of carbonyl (C=O) groups is 2. The summed E-state index contributed by atoms with van der Waals surface area (Å²) in [5.74, 6) is 0.705. The minimum atomic E-state index is -0.418. The lowest BCUT2D eigenvalue weighted by Crippen LogP contribution is -2.28. The Morgan fingerprint density at radius 3 is 2.93 bits per heavy atom. The topological polar surface area (TPSA) is 64.6 Å². The van der Waals surface area contributed by atoms with Crippen molar-refractivity contribution in [2.45, 2.75) is 39.2 Å². The van der Waals surface area contributed by atoms with E-state index in [2.05, 4.69) is 12.2 Å². The molecule has 1 aromatic carbocycles. The van der Waals surface area contributed by atoms with Crippen LogP contribution in [0, 0.1) is 5.92 Å². The number of hydrogen-bond donors (Lipinski definition) is 1. The van der Waals surface area contributed by atoms with Crippen LogP contribution >= 0.6 is 11.3 Å². The number of esters is 1. The molecule has 0 fully saturated rings. The zero-order valence-corrected chi connectivity index (χ0v) is 16.6. The Balaban J connectivity index is 1.47. The highest BCUT2D eigenvalue weighted by atomic mass is 32.1. The van der Waals surface area contributed by atoms with E-state index >= 15 is 0 Å². The van der Waals surface area contributed by atoms with Gasteiger partial charge in [0.05, 0.1) is 7.11 Å². The third kappa shape index (κ3) is 5.10. The quantitative estimate of drug-likeness (QED) is 0.735. The van der Waals surface area contributed by atoms with Gasteiger partial charge in [0.15, 0.2) is 6.61 Å². The van der Waals surface area contributed by atoms with Crippen molar-refractivity contribution in [2.75, 3.05) is 13.7 Å². The predicted octanol–water partition coefficient (Wildman–Crippen LogP) is 3.74. The molecule has 144 valence electrons. The Morgan fingerprint density at radius 1 is 1.30 bits per heavy atom. The highest BCUT2D eigenvalue weighted by Crippen LogP contribution is 2.33. The van der Waals surface area contributed by atoms with Gasteiger partial charge in [0, 0.05) is 11.4 Å². The molecule has 1 aliphatic rings. The smallest absolute Gasteiger partial charge is 0.348 e. The summed E-state index contributed by atoms with van der Waals surface area (Å²) >= 11 is 1.50. The molecule has 1 aliphatic carbocycles. The number of amides is 1. The number of thiophene rings is 1. The lowest BCUT2D eigenvalue weighted by atomic mass is 9.87. The maximum absolute atomic E-state index is 12.3. The second kappa shape index (κ2) is 9.04. The SMILES string of the molecule is CCC1CCc2sc(C(=O)OCC(=O)NCc3cccc(OC)c3)cc2C1. The number of ether oxygens (including phenoxy) is 2. The van der Waals surface area contributed by atoms with Gasteiger partial charge in [0.25, 0.3) is 5.91 Å². The summed E-state index contributed by atoms with van der Waals surface area (Å²) in [6.07, 6.45) is 4.43. The second-order valence-corrected chi connectivity index (χ2v) is 7.92. The minimum Gasteiger partial charge on any atom is -0.497 e. The van der Waals surface area contributed by atoms with Gasteiger partial charge in [-0.2, -0.15) is 0 Å². The molecule has 1 heterocycles. The molecule has 1 amide bonds. The van der Waals surface area contributed by atoms with E-state index in [1.807, 2.05) is 30.3 Å². The molecule has 0 bridgehead atoms. The molecule has 1 aromatic heterocycles. The molecule has 5 nitrogen and oxygen atoms in total. The van der Waals surface area contributed by atoms with Gasteiger partial charge < -0.3 is 14.8 Å². The van der Waals surface area contributed by atoms with Gasteiger partial charge in [-0.15, -0.1) is 11.3 Å². The first-order chi connectivity index (χ1) is 13.1. The van der Waals surface area contributed by atoms with Gasteiger partial charge in [-0.05, 0) is 54.5 Å². The van der Waals surface area contributed by atoms with Gasteiger partial charge in [-0.25, -0.2) is 4.79 Å². The summed E-state index contributed by atoms with van der Waals surface area (Å²) in [4.78, 5) is 26.1. The fraction of sp³-hybridized carbons (Fsp3) is 0.429. The number of benzene rings is 1. The normalized spacial score (nSPS) is 15.7. The van der Waals surface area contributed by atoms with Crippen LogP contribution in [0.5, 0.6) is 5.75 Å². The monoisotopic (exact) mass is 387 g/mol. The fourth-order valence-corrected chi connectivity index (χ4v) is 4.39. The van der Waals surface area contributed by atoms with E-state index in [0.717, 1.165) is 24.2 Å². The van der Waals surface area contributed by atoms with Crippen molar-refractivity contribution in [1.82, 2.24) is 5.32 Å². The van der Waals surface area contributed by atoms with E-state index in [1.165, 1.54) is 34.6 Å². The molecule has 0 spiro atoms. The number of hydrogen-bond acceptors (Lipinski definition) is 5. The Hall–Kier alpha value is -2.34. The van der Waals surface area contributed by atoms with Crippen LogP contribution in [0.15, 0.2) is 30.3 Å². The van der Waals surface area contributed by atoms with Crippen molar-refractivity contribution in [3.8, 4) is 5.75 Å². The van der Waals surface area contributed by atoms with Crippen LogP contribution in [-0.2, 0) is 28.9 Å². The highest BCUT2D eigenvalue weighted by Gasteiger charge is 2.22. The number of nitrogens with one attached hydrogen (secondary N) is 1. The molecule has 0 aliphatic heterocycles. The van der Waals surface area contributed by atoms with Gasteiger partial charge >= 0.3 is 5.97 Å². The minimum absolute atomic E-state index is 0.275. The number of aryl methyl sites for hydroxylation is 1. The van der Waals surface area contributed by atoms with E-state index < -0.39 is 5.97 Å². The van der Waals surface area contributed by atoms with E-state index in [4.69, 9.17) is 9.47 Å². The average molecular weight is 388 g/mol. The van der Waals surface area contributed by atoms with Crippen LogP contribution in [0.1, 0.15) is 45.4 Å². The van der Waals surface area contributed by atoms with E-state index in [-0.39, 0.29) is 12.5 Å². The molecular weight excluding hydrogens is 362 g/mol.